The smallest absolute Gasteiger partial charge is 0.250 e. The monoisotopic (exact) mass is 334 g/mol. The summed E-state index contributed by atoms with van der Waals surface area (Å²) in [7, 11) is 0. The van der Waals surface area contributed by atoms with Crippen molar-refractivity contribution in [1.82, 2.24) is 4.98 Å². The third-order valence-corrected chi connectivity index (χ3v) is 4.42. The van der Waals surface area contributed by atoms with E-state index in [-0.39, 0.29) is 5.91 Å². The minimum Gasteiger partial charge on any atom is -0.298 e. The average Bonchev–Trinajstić information content (AvgIpc) is 3.03. The lowest BCUT2D eigenvalue weighted by Crippen LogP contribution is -2.06. The van der Waals surface area contributed by atoms with E-state index in [1.54, 1.807) is 6.08 Å². The van der Waals surface area contributed by atoms with Gasteiger partial charge in [-0.05, 0) is 24.1 Å². The Morgan fingerprint density at radius 1 is 1.12 bits per heavy atom. The quantitative estimate of drug-likeness (QED) is 0.688. The Morgan fingerprint density at radius 2 is 1.88 bits per heavy atom. The number of anilines is 1. The second-order valence-electron chi connectivity index (χ2n) is 5.53. The van der Waals surface area contributed by atoms with Crippen LogP contribution in [0.5, 0.6) is 0 Å². The number of aryl methyl sites for hydroxylation is 1. The maximum Gasteiger partial charge on any atom is 0.250 e. The molecule has 4 heteroatoms. The Bertz CT molecular complexity index is 836. The van der Waals surface area contributed by atoms with Crippen molar-refractivity contribution < 1.29 is 4.79 Å². The molecule has 3 aromatic rings. The normalized spacial score (nSPS) is 10.9. The van der Waals surface area contributed by atoms with Crippen molar-refractivity contribution >= 4 is 28.5 Å². The third kappa shape index (κ3) is 4.64. The highest BCUT2D eigenvalue weighted by Crippen LogP contribution is 2.21. The fraction of sp³-hybridized carbons (Fsp3) is 0.100. The van der Waals surface area contributed by atoms with Gasteiger partial charge in [0.15, 0.2) is 5.13 Å². The Hall–Kier alpha value is -2.72. The molecule has 0 aliphatic carbocycles. The van der Waals surface area contributed by atoms with Crippen LogP contribution in [0, 0.1) is 6.92 Å². The number of carbonyl (C=O) groups is 1. The van der Waals surface area contributed by atoms with E-state index in [0.717, 1.165) is 16.9 Å². The van der Waals surface area contributed by atoms with E-state index in [2.05, 4.69) is 41.5 Å². The molecule has 1 aromatic heterocycles. The van der Waals surface area contributed by atoms with Crippen molar-refractivity contribution in [2.45, 2.75) is 13.3 Å². The first-order valence-corrected chi connectivity index (χ1v) is 8.55. The number of carbonyl (C=O) groups excluding carboxylic acids is 1. The summed E-state index contributed by atoms with van der Waals surface area (Å²) in [6.07, 6.45) is 5.96. The molecular weight excluding hydrogens is 316 g/mol. The van der Waals surface area contributed by atoms with Crippen molar-refractivity contribution in [2.75, 3.05) is 5.32 Å². The molecule has 3 nitrogen and oxygen atoms in total. The molecule has 0 fully saturated rings. The first-order chi connectivity index (χ1) is 11.7. The number of rotatable bonds is 5. The standard InChI is InChI=1S/C20H18N2OS/c1-15-7-9-17(10-8-15)13-18-14-21-20(24-18)22-19(23)12-11-16-5-3-2-4-6-16/h2-12,14H,13H2,1H3,(H,21,22,23)/b12-11+. The minimum absolute atomic E-state index is 0.171. The number of aromatic nitrogens is 1. The lowest BCUT2D eigenvalue weighted by molar-refractivity contribution is -0.111. The zero-order valence-electron chi connectivity index (χ0n) is 13.4. The minimum atomic E-state index is -0.171. The molecule has 0 aliphatic rings. The van der Waals surface area contributed by atoms with Crippen molar-refractivity contribution in [3.8, 4) is 0 Å². The summed E-state index contributed by atoms with van der Waals surface area (Å²) in [6, 6.07) is 18.2. The molecule has 3 rings (SSSR count). The predicted molar refractivity (Wildman–Crippen MR) is 100 cm³/mol. The molecule has 0 saturated carbocycles. The Labute approximate surface area is 145 Å². The van der Waals surface area contributed by atoms with Gasteiger partial charge < -0.3 is 0 Å². The topological polar surface area (TPSA) is 42.0 Å². The summed E-state index contributed by atoms with van der Waals surface area (Å²) in [6.45, 7) is 2.08. The van der Waals surface area contributed by atoms with Gasteiger partial charge in [0.05, 0.1) is 0 Å². The molecular formula is C20H18N2OS. The first-order valence-electron chi connectivity index (χ1n) is 7.73. The van der Waals surface area contributed by atoms with E-state index in [1.165, 1.54) is 28.5 Å². The van der Waals surface area contributed by atoms with E-state index in [9.17, 15) is 4.79 Å². The van der Waals surface area contributed by atoms with Gasteiger partial charge in [0.1, 0.15) is 0 Å². The molecule has 24 heavy (non-hydrogen) atoms. The molecule has 0 atom stereocenters. The van der Waals surface area contributed by atoms with Gasteiger partial charge in [-0.15, -0.1) is 11.3 Å². The number of benzene rings is 2. The number of nitrogens with one attached hydrogen (secondary N) is 1. The lowest BCUT2D eigenvalue weighted by Gasteiger charge is -1.99. The third-order valence-electron chi connectivity index (χ3n) is 3.51. The molecule has 0 saturated heterocycles. The molecule has 0 unspecified atom stereocenters. The zero-order chi connectivity index (χ0) is 16.8. The molecule has 1 amide bonds. The van der Waals surface area contributed by atoms with Crippen LogP contribution in [0.15, 0.2) is 66.9 Å². The number of nitrogens with zero attached hydrogens (tertiary/aromatic N) is 1. The fourth-order valence-corrected chi connectivity index (χ4v) is 3.09. The molecule has 0 spiro atoms. The van der Waals surface area contributed by atoms with Crippen LogP contribution in [-0.2, 0) is 11.2 Å². The van der Waals surface area contributed by atoms with Crippen LogP contribution in [0.1, 0.15) is 21.6 Å². The number of hydrogen-bond donors (Lipinski definition) is 1. The van der Waals surface area contributed by atoms with Gasteiger partial charge in [0.25, 0.3) is 0 Å². The molecule has 2 aromatic carbocycles. The summed E-state index contributed by atoms with van der Waals surface area (Å²) in [5.74, 6) is -0.171. The summed E-state index contributed by atoms with van der Waals surface area (Å²) in [4.78, 5) is 17.4. The maximum atomic E-state index is 12.0. The van der Waals surface area contributed by atoms with Gasteiger partial charge in [-0.2, -0.15) is 0 Å². The number of hydrogen-bond acceptors (Lipinski definition) is 3. The van der Waals surface area contributed by atoms with Crippen molar-refractivity contribution in [1.29, 1.82) is 0 Å². The average molecular weight is 334 g/mol. The van der Waals surface area contributed by atoms with Gasteiger partial charge >= 0.3 is 0 Å². The molecule has 1 N–H and O–H groups in total. The van der Waals surface area contributed by atoms with E-state index < -0.39 is 0 Å². The van der Waals surface area contributed by atoms with Gasteiger partial charge in [-0.25, -0.2) is 4.98 Å². The molecule has 0 radical (unpaired) electrons. The maximum absolute atomic E-state index is 12.0. The molecule has 120 valence electrons. The van der Waals surface area contributed by atoms with Gasteiger partial charge in [0, 0.05) is 23.6 Å². The van der Waals surface area contributed by atoms with Crippen molar-refractivity contribution in [3.05, 3.63) is 88.4 Å². The highest BCUT2D eigenvalue weighted by molar-refractivity contribution is 7.15. The Balaban J connectivity index is 1.58. The first kappa shape index (κ1) is 16.1. The van der Waals surface area contributed by atoms with Crippen LogP contribution in [0.4, 0.5) is 5.13 Å². The van der Waals surface area contributed by atoms with E-state index >= 15 is 0 Å². The number of amides is 1. The van der Waals surface area contributed by atoms with Gasteiger partial charge in [-0.3, -0.25) is 10.1 Å². The van der Waals surface area contributed by atoms with Crippen LogP contribution >= 0.6 is 11.3 Å². The largest absolute Gasteiger partial charge is 0.298 e. The molecule has 1 heterocycles. The fourth-order valence-electron chi connectivity index (χ4n) is 2.24. The van der Waals surface area contributed by atoms with Crippen molar-refractivity contribution in [2.24, 2.45) is 0 Å². The SMILES string of the molecule is Cc1ccc(Cc2cnc(NC(=O)/C=C/c3ccccc3)s2)cc1. The van der Waals surface area contributed by atoms with Gasteiger partial charge in [-0.1, -0.05) is 60.2 Å². The van der Waals surface area contributed by atoms with Crippen LogP contribution in [0.25, 0.3) is 6.08 Å². The van der Waals surface area contributed by atoms with E-state index in [0.29, 0.717) is 5.13 Å². The Morgan fingerprint density at radius 3 is 2.62 bits per heavy atom. The van der Waals surface area contributed by atoms with Crippen LogP contribution in [-0.4, -0.2) is 10.9 Å². The second kappa shape index (κ2) is 7.70. The van der Waals surface area contributed by atoms with E-state index in [1.807, 2.05) is 36.5 Å². The summed E-state index contributed by atoms with van der Waals surface area (Å²) in [5.41, 5.74) is 3.49. The lowest BCUT2D eigenvalue weighted by atomic mass is 10.1. The zero-order valence-corrected chi connectivity index (χ0v) is 14.2. The number of thiazole rings is 1. The Kier molecular flexibility index (Phi) is 5.18. The van der Waals surface area contributed by atoms with E-state index in [4.69, 9.17) is 0 Å². The van der Waals surface area contributed by atoms with Crippen LogP contribution in [0.3, 0.4) is 0 Å². The van der Waals surface area contributed by atoms with Crippen LogP contribution < -0.4 is 5.32 Å². The molecule has 0 aliphatic heterocycles. The van der Waals surface area contributed by atoms with Crippen LogP contribution in [0.2, 0.25) is 0 Å². The summed E-state index contributed by atoms with van der Waals surface area (Å²) in [5, 5.41) is 3.43. The highest BCUT2D eigenvalue weighted by atomic mass is 32.1. The van der Waals surface area contributed by atoms with Crippen molar-refractivity contribution in [3.63, 3.8) is 0 Å². The molecule has 0 bridgehead atoms. The predicted octanol–water partition coefficient (Wildman–Crippen LogP) is 4.69. The highest BCUT2D eigenvalue weighted by Gasteiger charge is 2.05. The summed E-state index contributed by atoms with van der Waals surface area (Å²) >= 11 is 1.50. The van der Waals surface area contributed by atoms with Gasteiger partial charge in [0.2, 0.25) is 5.91 Å². The second-order valence-corrected chi connectivity index (χ2v) is 6.64. The summed E-state index contributed by atoms with van der Waals surface area (Å²) < 4.78 is 0.